The van der Waals surface area contributed by atoms with Crippen molar-refractivity contribution in [2.75, 3.05) is 11.9 Å². The van der Waals surface area contributed by atoms with E-state index in [1.807, 2.05) is 13.0 Å². The molecule has 0 heterocycles. The number of halogens is 2. The molecule has 0 aliphatic carbocycles. The van der Waals surface area contributed by atoms with Gasteiger partial charge in [0, 0.05) is 12.2 Å². The standard InChI is InChI=1S/C16H16F2N2O2/c1-10-3-2-4-12(7-10)20-16(22)19-9-15(21)11-5-6-13(17)14(18)8-11/h2-8,15,21H,9H2,1H3,(H2,19,20,22). The molecule has 2 aromatic carbocycles. The van der Waals surface area contributed by atoms with Gasteiger partial charge >= 0.3 is 6.03 Å². The van der Waals surface area contributed by atoms with E-state index in [-0.39, 0.29) is 12.1 Å². The Labute approximate surface area is 126 Å². The van der Waals surface area contributed by atoms with E-state index >= 15 is 0 Å². The largest absolute Gasteiger partial charge is 0.387 e. The van der Waals surface area contributed by atoms with E-state index in [1.54, 1.807) is 18.2 Å². The quantitative estimate of drug-likeness (QED) is 0.812. The molecule has 1 unspecified atom stereocenters. The summed E-state index contributed by atoms with van der Waals surface area (Å²) in [4.78, 5) is 11.7. The van der Waals surface area contributed by atoms with Crippen LogP contribution in [0.25, 0.3) is 0 Å². The number of urea groups is 1. The number of hydrogen-bond donors (Lipinski definition) is 3. The third-order valence-corrected chi connectivity index (χ3v) is 3.06. The van der Waals surface area contributed by atoms with Crippen LogP contribution >= 0.6 is 0 Å². The summed E-state index contributed by atoms with van der Waals surface area (Å²) in [7, 11) is 0. The average molecular weight is 306 g/mol. The minimum Gasteiger partial charge on any atom is -0.387 e. The van der Waals surface area contributed by atoms with Crippen LogP contribution in [0.5, 0.6) is 0 Å². The number of anilines is 1. The molecule has 116 valence electrons. The fraction of sp³-hybridized carbons (Fsp3) is 0.188. The zero-order valence-electron chi connectivity index (χ0n) is 11.9. The van der Waals surface area contributed by atoms with E-state index in [0.717, 1.165) is 17.7 Å². The van der Waals surface area contributed by atoms with Gasteiger partial charge in [0.25, 0.3) is 0 Å². The lowest BCUT2D eigenvalue weighted by Crippen LogP contribution is -2.32. The minimum absolute atomic E-state index is 0.122. The normalized spacial score (nSPS) is 11.8. The van der Waals surface area contributed by atoms with Gasteiger partial charge < -0.3 is 15.7 Å². The van der Waals surface area contributed by atoms with Crippen molar-refractivity contribution in [3.63, 3.8) is 0 Å². The van der Waals surface area contributed by atoms with Gasteiger partial charge in [-0.2, -0.15) is 0 Å². The van der Waals surface area contributed by atoms with Gasteiger partial charge in [-0.15, -0.1) is 0 Å². The number of aliphatic hydroxyl groups is 1. The van der Waals surface area contributed by atoms with Crippen molar-refractivity contribution in [3.05, 3.63) is 65.2 Å². The highest BCUT2D eigenvalue weighted by molar-refractivity contribution is 5.89. The van der Waals surface area contributed by atoms with Crippen LogP contribution in [0.15, 0.2) is 42.5 Å². The highest BCUT2D eigenvalue weighted by Crippen LogP contribution is 2.15. The topological polar surface area (TPSA) is 61.4 Å². The minimum atomic E-state index is -1.13. The third-order valence-electron chi connectivity index (χ3n) is 3.06. The summed E-state index contributed by atoms with van der Waals surface area (Å²) in [5.74, 6) is -2.03. The SMILES string of the molecule is Cc1cccc(NC(=O)NCC(O)c2ccc(F)c(F)c2)c1. The molecule has 0 aliphatic heterocycles. The highest BCUT2D eigenvalue weighted by atomic mass is 19.2. The molecule has 0 saturated heterocycles. The van der Waals surface area contributed by atoms with Crippen LogP contribution in [0.3, 0.4) is 0 Å². The maximum atomic E-state index is 13.1. The molecule has 0 bridgehead atoms. The van der Waals surface area contributed by atoms with Gasteiger partial charge in [-0.3, -0.25) is 0 Å². The van der Waals surface area contributed by atoms with Crippen molar-refractivity contribution < 1.29 is 18.7 Å². The number of rotatable bonds is 4. The smallest absolute Gasteiger partial charge is 0.319 e. The molecule has 2 amide bonds. The van der Waals surface area contributed by atoms with Crippen LogP contribution in [0.1, 0.15) is 17.2 Å². The molecule has 2 aromatic rings. The second-order valence-electron chi connectivity index (χ2n) is 4.89. The van der Waals surface area contributed by atoms with E-state index in [0.29, 0.717) is 5.69 Å². The van der Waals surface area contributed by atoms with Gasteiger partial charge in [-0.1, -0.05) is 18.2 Å². The second-order valence-corrected chi connectivity index (χ2v) is 4.89. The summed E-state index contributed by atoms with van der Waals surface area (Å²) in [5, 5.41) is 14.9. The van der Waals surface area contributed by atoms with Crippen LogP contribution < -0.4 is 10.6 Å². The molecule has 0 fully saturated rings. The molecule has 0 aromatic heterocycles. The first-order valence-corrected chi connectivity index (χ1v) is 6.70. The Morgan fingerprint density at radius 3 is 2.64 bits per heavy atom. The van der Waals surface area contributed by atoms with Crippen LogP contribution in [-0.2, 0) is 0 Å². The van der Waals surface area contributed by atoms with Crippen LogP contribution in [0.2, 0.25) is 0 Å². The fourth-order valence-electron chi connectivity index (χ4n) is 1.92. The molecule has 0 spiro atoms. The maximum absolute atomic E-state index is 13.1. The van der Waals surface area contributed by atoms with Gasteiger partial charge in [0.1, 0.15) is 0 Å². The van der Waals surface area contributed by atoms with Gasteiger partial charge in [0.05, 0.1) is 6.10 Å². The van der Waals surface area contributed by atoms with Crippen LogP contribution in [0, 0.1) is 18.6 Å². The summed E-state index contributed by atoms with van der Waals surface area (Å²) < 4.78 is 25.9. The molecule has 0 radical (unpaired) electrons. The van der Waals surface area contributed by atoms with E-state index in [9.17, 15) is 18.7 Å². The Hall–Kier alpha value is -2.47. The molecule has 0 saturated carbocycles. The van der Waals surface area contributed by atoms with Gasteiger partial charge in [0.2, 0.25) is 0 Å². The Morgan fingerprint density at radius 1 is 1.18 bits per heavy atom. The van der Waals surface area contributed by atoms with Gasteiger partial charge in [-0.25, -0.2) is 13.6 Å². The molecule has 4 nitrogen and oxygen atoms in total. The Kier molecular flexibility index (Phi) is 5.06. The average Bonchev–Trinajstić information content (AvgIpc) is 2.47. The Bertz CT molecular complexity index is 677. The number of carbonyl (C=O) groups is 1. The lowest BCUT2D eigenvalue weighted by atomic mass is 10.1. The highest BCUT2D eigenvalue weighted by Gasteiger charge is 2.12. The molecule has 1 atom stereocenters. The summed E-state index contributed by atoms with van der Waals surface area (Å²) in [6, 6.07) is 9.84. The number of aryl methyl sites for hydroxylation is 1. The number of nitrogens with one attached hydrogen (secondary N) is 2. The molecule has 6 heteroatoms. The van der Waals surface area contributed by atoms with Crippen molar-refractivity contribution >= 4 is 11.7 Å². The Balaban J connectivity index is 1.88. The van der Waals surface area contributed by atoms with Gasteiger partial charge in [-0.05, 0) is 42.3 Å². The predicted molar refractivity (Wildman–Crippen MR) is 79.5 cm³/mol. The summed E-state index contributed by atoms with van der Waals surface area (Å²) in [6.45, 7) is 1.78. The summed E-state index contributed by atoms with van der Waals surface area (Å²) in [5.41, 5.74) is 1.81. The predicted octanol–water partition coefficient (Wildman–Crippen LogP) is 3.13. The molecule has 0 aliphatic rings. The fourth-order valence-corrected chi connectivity index (χ4v) is 1.92. The first kappa shape index (κ1) is 15.9. The third kappa shape index (κ3) is 4.26. The van der Waals surface area contributed by atoms with Crippen molar-refractivity contribution in [1.82, 2.24) is 5.32 Å². The second kappa shape index (κ2) is 7.00. The molecular weight excluding hydrogens is 290 g/mol. The lowest BCUT2D eigenvalue weighted by molar-refractivity contribution is 0.174. The van der Waals surface area contributed by atoms with Crippen molar-refractivity contribution in [1.29, 1.82) is 0 Å². The molecular formula is C16H16F2N2O2. The van der Waals surface area contributed by atoms with Crippen LogP contribution in [-0.4, -0.2) is 17.7 Å². The van der Waals surface area contributed by atoms with Crippen molar-refractivity contribution in [2.45, 2.75) is 13.0 Å². The number of aliphatic hydroxyl groups excluding tert-OH is 1. The molecule has 2 rings (SSSR count). The van der Waals surface area contributed by atoms with E-state index in [1.165, 1.54) is 6.07 Å². The number of benzene rings is 2. The molecule has 3 N–H and O–H groups in total. The van der Waals surface area contributed by atoms with Crippen molar-refractivity contribution in [3.8, 4) is 0 Å². The summed E-state index contributed by atoms with van der Waals surface area (Å²) >= 11 is 0. The van der Waals surface area contributed by atoms with E-state index in [4.69, 9.17) is 0 Å². The van der Waals surface area contributed by atoms with Crippen LogP contribution in [0.4, 0.5) is 19.3 Å². The zero-order valence-corrected chi connectivity index (χ0v) is 11.9. The number of carbonyl (C=O) groups excluding carboxylic acids is 1. The summed E-state index contributed by atoms with van der Waals surface area (Å²) in [6.07, 6.45) is -1.13. The maximum Gasteiger partial charge on any atom is 0.319 e. The van der Waals surface area contributed by atoms with E-state index in [2.05, 4.69) is 10.6 Å². The molecule has 22 heavy (non-hydrogen) atoms. The van der Waals surface area contributed by atoms with Crippen molar-refractivity contribution in [2.24, 2.45) is 0 Å². The number of amides is 2. The van der Waals surface area contributed by atoms with E-state index < -0.39 is 23.8 Å². The first-order chi connectivity index (χ1) is 10.5. The number of hydrogen-bond acceptors (Lipinski definition) is 2. The Morgan fingerprint density at radius 2 is 1.95 bits per heavy atom. The zero-order chi connectivity index (χ0) is 16.1. The monoisotopic (exact) mass is 306 g/mol. The first-order valence-electron chi connectivity index (χ1n) is 6.70. The van der Waals surface area contributed by atoms with Gasteiger partial charge in [0.15, 0.2) is 11.6 Å². The lowest BCUT2D eigenvalue weighted by Gasteiger charge is -2.13.